The second-order valence-corrected chi connectivity index (χ2v) is 6.35. The molecule has 0 aromatic rings. The molecule has 1 heterocycles. The highest BCUT2D eigenvalue weighted by atomic mass is 32.2. The molecule has 17 heavy (non-hydrogen) atoms. The van der Waals surface area contributed by atoms with E-state index in [0.29, 0.717) is 5.62 Å². The molecule has 1 aliphatic heterocycles. The lowest BCUT2D eigenvalue weighted by atomic mass is 10.4. The number of fused-ring (bicyclic) bond motifs is 1. The minimum atomic E-state index is -0.679. The van der Waals surface area contributed by atoms with Crippen molar-refractivity contribution >= 4 is 34.9 Å². The number of rotatable bonds is 3. The van der Waals surface area contributed by atoms with E-state index < -0.39 is 4.20 Å². The van der Waals surface area contributed by atoms with Crippen molar-refractivity contribution in [2.24, 2.45) is 0 Å². The molecule has 1 N–H and O–H groups in total. The Balaban J connectivity index is 0.000000148. The first-order valence-electron chi connectivity index (χ1n) is 5.30. The maximum absolute atomic E-state index is 11.1. The summed E-state index contributed by atoms with van der Waals surface area (Å²) in [4.78, 5) is 21.3. The molecule has 2 aliphatic carbocycles. The lowest BCUT2D eigenvalue weighted by molar-refractivity contribution is -0.117. The van der Waals surface area contributed by atoms with Crippen molar-refractivity contribution in [3.8, 4) is 11.1 Å². The Labute approximate surface area is 109 Å². The van der Waals surface area contributed by atoms with E-state index in [1.807, 2.05) is 0 Å². The van der Waals surface area contributed by atoms with Gasteiger partial charge in [0.1, 0.15) is 0 Å². The number of thioether (sulfide) groups is 2. The van der Waals surface area contributed by atoms with Gasteiger partial charge in [0, 0.05) is 12.3 Å². The van der Waals surface area contributed by atoms with Gasteiger partial charge in [0.05, 0.1) is 0 Å². The van der Waals surface area contributed by atoms with Crippen molar-refractivity contribution in [1.82, 2.24) is 5.32 Å². The SMILES string of the molecule is CC(=O)C1(SC=O)NCCS1.c1cc2cc-2c1. The molecule has 3 aliphatic rings. The number of hydrogen-bond donors (Lipinski definition) is 1. The first-order valence-corrected chi connectivity index (χ1v) is 7.16. The number of ketones is 1. The third-order valence-electron chi connectivity index (χ3n) is 2.56. The molecule has 0 saturated carbocycles. The third-order valence-corrected chi connectivity index (χ3v) is 5.30. The van der Waals surface area contributed by atoms with Crippen molar-refractivity contribution in [3.05, 3.63) is 24.3 Å². The van der Waals surface area contributed by atoms with E-state index in [4.69, 9.17) is 0 Å². The first kappa shape index (κ1) is 12.7. The average molecular weight is 267 g/mol. The zero-order valence-electron chi connectivity index (χ0n) is 9.43. The average Bonchev–Trinajstić information content (AvgIpc) is 2.76. The Morgan fingerprint density at radius 2 is 2.24 bits per heavy atom. The number of Topliss-reactive ketones (excluding diaryl/α,β-unsaturated/α-hetero) is 1. The number of hydrogen-bond acceptors (Lipinski definition) is 5. The largest absolute Gasteiger partial charge is 0.296 e. The van der Waals surface area contributed by atoms with E-state index >= 15 is 0 Å². The van der Waals surface area contributed by atoms with E-state index in [1.54, 1.807) is 0 Å². The maximum atomic E-state index is 11.1. The van der Waals surface area contributed by atoms with Crippen LogP contribution in [-0.4, -0.2) is 27.9 Å². The maximum Gasteiger partial charge on any atom is 0.179 e. The van der Waals surface area contributed by atoms with Crippen molar-refractivity contribution in [3.63, 3.8) is 0 Å². The van der Waals surface area contributed by atoms with Gasteiger partial charge in [-0.25, -0.2) is 0 Å². The van der Waals surface area contributed by atoms with Crippen molar-refractivity contribution in [2.75, 3.05) is 12.3 Å². The smallest absolute Gasteiger partial charge is 0.179 e. The number of nitrogens with one attached hydrogen (secondary N) is 1. The van der Waals surface area contributed by atoms with Crippen LogP contribution in [-0.2, 0) is 9.59 Å². The van der Waals surface area contributed by atoms with Gasteiger partial charge in [-0.1, -0.05) is 30.0 Å². The van der Waals surface area contributed by atoms with Crippen molar-refractivity contribution in [2.45, 2.75) is 11.1 Å². The van der Waals surface area contributed by atoms with Gasteiger partial charge in [0.2, 0.25) is 0 Å². The van der Waals surface area contributed by atoms with Gasteiger partial charge in [-0.05, 0) is 24.1 Å². The fourth-order valence-electron chi connectivity index (χ4n) is 1.59. The second-order valence-electron chi connectivity index (χ2n) is 3.74. The molecular formula is C12H13NO2S2. The van der Waals surface area contributed by atoms with Crippen LogP contribution in [0.3, 0.4) is 0 Å². The highest BCUT2D eigenvalue weighted by Crippen LogP contribution is 2.37. The lowest BCUT2D eigenvalue weighted by Gasteiger charge is -2.20. The summed E-state index contributed by atoms with van der Waals surface area (Å²) in [5, 5.41) is 3.02. The molecule has 0 radical (unpaired) electrons. The van der Waals surface area contributed by atoms with Crippen LogP contribution in [0.25, 0.3) is 11.1 Å². The molecule has 0 aromatic heterocycles. The van der Waals surface area contributed by atoms with Crippen molar-refractivity contribution in [1.29, 1.82) is 0 Å². The van der Waals surface area contributed by atoms with Crippen LogP contribution in [0.1, 0.15) is 6.92 Å². The summed E-state index contributed by atoms with van der Waals surface area (Å²) < 4.78 is -0.679. The lowest BCUT2D eigenvalue weighted by Crippen LogP contribution is -2.40. The van der Waals surface area contributed by atoms with Crippen LogP contribution in [0.2, 0.25) is 0 Å². The van der Waals surface area contributed by atoms with Crippen LogP contribution < -0.4 is 5.32 Å². The van der Waals surface area contributed by atoms with Crippen LogP contribution in [0.15, 0.2) is 24.3 Å². The molecule has 5 heteroatoms. The molecule has 0 amide bonds. The van der Waals surface area contributed by atoms with Gasteiger partial charge in [0.25, 0.3) is 0 Å². The molecule has 1 atom stereocenters. The molecule has 1 fully saturated rings. The summed E-state index contributed by atoms with van der Waals surface area (Å²) in [5.74, 6) is 0.901. The summed E-state index contributed by atoms with van der Waals surface area (Å²) in [5.41, 5.74) is 3.57. The van der Waals surface area contributed by atoms with Crippen LogP contribution in [0.5, 0.6) is 0 Å². The highest BCUT2D eigenvalue weighted by molar-refractivity contribution is 8.25. The molecule has 3 rings (SSSR count). The van der Waals surface area contributed by atoms with Gasteiger partial charge in [-0.2, -0.15) is 0 Å². The summed E-state index contributed by atoms with van der Waals surface area (Å²) >= 11 is 2.51. The molecule has 1 unspecified atom stereocenters. The summed E-state index contributed by atoms with van der Waals surface area (Å²) in [6.45, 7) is 2.30. The molecule has 0 aromatic carbocycles. The molecule has 3 nitrogen and oxygen atoms in total. The fourth-order valence-corrected chi connectivity index (χ4v) is 3.62. The molecule has 90 valence electrons. The Hall–Kier alpha value is -0.780. The zero-order chi connectivity index (χ0) is 12.3. The predicted octanol–water partition coefficient (Wildman–Crippen LogP) is 2.16. The third kappa shape index (κ3) is 2.91. The van der Waals surface area contributed by atoms with Gasteiger partial charge >= 0.3 is 0 Å². The van der Waals surface area contributed by atoms with Crippen LogP contribution >= 0.6 is 23.5 Å². The van der Waals surface area contributed by atoms with E-state index in [-0.39, 0.29) is 5.78 Å². The fraction of sp³-hybridized carbons (Fsp3) is 0.333. The van der Waals surface area contributed by atoms with Crippen LogP contribution in [0, 0.1) is 0 Å². The molecular weight excluding hydrogens is 254 g/mol. The van der Waals surface area contributed by atoms with Crippen molar-refractivity contribution < 1.29 is 9.59 Å². The number of benzene rings is 1. The summed E-state index contributed by atoms with van der Waals surface area (Å²) in [6, 6.07) is 8.48. The second kappa shape index (κ2) is 5.25. The van der Waals surface area contributed by atoms with E-state index in [1.165, 1.54) is 29.8 Å². The highest BCUT2D eigenvalue weighted by Gasteiger charge is 2.39. The molecule has 0 bridgehead atoms. The zero-order valence-corrected chi connectivity index (χ0v) is 11.1. The molecule has 0 spiro atoms. The minimum absolute atomic E-state index is 0.0112. The number of carbonyl (C=O) groups is 2. The van der Waals surface area contributed by atoms with E-state index in [0.717, 1.165) is 24.1 Å². The normalized spacial score (nSPS) is 23.6. The predicted molar refractivity (Wildman–Crippen MR) is 73.7 cm³/mol. The Bertz CT molecular complexity index is 425. The van der Waals surface area contributed by atoms with Gasteiger partial charge in [-0.15, -0.1) is 11.8 Å². The van der Waals surface area contributed by atoms with Gasteiger partial charge in [-0.3, -0.25) is 14.9 Å². The standard InChI is InChI=1S/C6H9NO2S2.C6H4/c1-5(9)6(11-4-8)7-2-3-10-6;1-2-5-4-6(5)3-1/h4,7H,2-3H2,1H3;1-4H. The number of carbonyl (C=O) groups excluding carboxylic acids is 2. The minimum Gasteiger partial charge on any atom is -0.296 e. The first-order chi connectivity index (χ1) is 8.18. The monoisotopic (exact) mass is 267 g/mol. The quantitative estimate of drug-likeness (QED) is 0.863. The van der Waals surface area contributed by atoms with Gasteiger partial charge < -0.3 is 0 Å². The summed E-state index contributed by atoms with van der Waals surface area (Å²) in [7, 11) is 0. The Morgan fingerprint density at radius 1 is 1.53 bits per heavy atom. The van der Waals surface area contributed by atoms with E-state index in [9.17, 15) is 9.59 Å². The Kier molecular flexibility index (Phi) is 3.91. The van der Waals surface area contributed by atoms with Crippen LogP contribution in [0.4, 0.5) is 0 Å². The topological polar surface area (TPSA) is 46.2 Å². The summed E-state index contributed by atoms with van der Waals surface area (Å²) in [6.07, 6.45) is 0. The molecule has 1 saturated heterocycles. The van der Waals surface area contributed by atoms with E-state index in [2.05, 4.69) is 29.6 Å². The Morgan fingerprint density at radius 3 is 2.53 bits per heavy atom. The van der Waals surface area contributed by atoms with Gasteiger partial charge in [0.15, 0.2) is 15.6 Å².